The lowest BCUT2D eigenvalue weighted by atomic mass is 10.4. The molecular formula is C8H6Cl2N4. The molecule has 0 aliphatic heterocycles. The molecule has 6 heteroatoms. The van der Waals surface area contributed by atoms with Gasteiger partial charge in [-0.1, -0.05) is 11.6 Å². The molecule has 2 heterocycles. The van der Waals surface area contributed by atoms with E-state index in [1.165, 1.54) is 6.20 Å². The highest BCUT2D eigenvalue weighted by atomic mass is 35.5. The van der Waals surface area contributed by atoms with Crippen molar-refractivity contribution in [3.8, 4) is 5.82 Å². The first kappa shape index (κ1) is 9.43. The molecular weight excluding hydrogens is 223 g/mol. The Morgan fingerprint density at radius 1 is 1.29 bits per heavy atom. The quantitative estimate of drug-likeness (QED) is 0.704. The Bertz CT molecular complexity index is 446. The van der Waals surface area contributed by atoms with Crippen LogP contribution in [0.3, 0.4) is 0 Å². The summed E-state index contributed by atoms with van der Waals surface area (Å²) in [5, 5.41) is 4.76. The van der Waals surface area contributed by atoms with Crippen LogP contribution in [-0.4, -0.2) is 19.7 Å². The van der Waals surface area contributed by atoms with Gasteiger partial charge < -0.3 is 0 Å². The van der Waals surface area contributed by atoms with Gasteiger partial charge in [0.25, 0.3) is 0 Å². The summed E-state index contributed by atoms with van der Waals surface area (Å²) in [7, 11) is 0. The second kappa shape index (κ2) is 3.55. The van der Waals surface area contributed by atoms with E-state index in [-0.39, 0.29) is 5.28 Å². The van der Waals surface area contributed by atoms with Crippen molar-refractivity contribution in [3.63, 3.8) is 0 Å². The van der Waals surface area contributed by atoms with E-state index in [4.69, 9.17) is 23.2 Å². The first-order valence-electron chi connectivity index (χ1n) is 3.87. The maximum Gasteiger partial charge on any atom is 0.224 e. The predicted molar refractivity (Wildman–Crippen MR) is 53.9 cm³/mol. The highest BCUT2D eigenvalue weighted by molar-refractivity contribution is 6.30. The van der Waals surface area contributed by atoms with Gasteiger partial charge in [0.1, 0.15) is 0 Å². The van der Waals surface area contributed by atoms with Crippen LogP contribution in [0.25, 0.3) is 5.82 Å². The van der Waals surface area contributed by atoms with E-state index < -0.39 is 0 Å². The summed E-state index contributed by atoms with van der Waals surface area (Å²) in [6.07, 6.45) is 3.19. The third kappa shape index (κ3) is 1.86. The Balaban J connectivity index is 2.51. The SMILES string of the molecule is Cc1cc(-n2cc(Cl)cn2)nc(Cl)n1. The van der Waals surface area contributed by atoms with Crippen molar-refractivity contribution in [1.29, 1.82) is 0 Å². The number of nitrogens with zero attached hydrogens (tertiary/aromatic N) is 4. The van der Waals surface area contributed by atoms with Crippen LogP contribution in [0.15, 0.2) is 18.5 Å². The minimum absolute atomic E-state index is 0.201. The van der Waals surface area contributed by atoms with Crippen molar-refractivity contribution in [2.45, 2.75) is 6.92 Å². The van der Waals surface area contributed by atoms with Gasteiger partial charge in [0.2, 0.25) is 5.28 Å². The molecule has 0 aliphatic carbocycles. The maximum atomic E-state index is 5.73. The molecule has 0 atom stereocenters. The first-order chi connectivity index (χ1) is 6.65. The molecule has 0 amide bonds. The molecule has 4 nitrogen and oxygen atoms in total. The highest BCUT2D eigenvalue weighted by Crippen LogP contribution is 2.12. The molecule has 0 saturated heterocycles. The summed E-state index contributed by atoms with van der Waals surface area (Å²) in [4.78, 5) is 7.96. The fourth-order valence-corrected chi connectivity index (χ4v) is 1.42. The fraction of sp³-hybridized carbons (Fsp3) is 0.125. The van der Waals surface area contributed by atoms with E-state index in [1.54, 1.807) is 16.9 Å². The molecule has 0 bridgehead atoms. The van der Waals surface area contributed by atoms with Crippen molar-refractivity contribution in [1.82, 2.24) is 19.7 Å². The van der Waals surface area contributed by atoms with Crippen LogP contribution in [0.5, 0.6) is 0 Å². The zero-order valence-corrected chi connectivity index (χ0v) is 8.79. The molecule has 0 spiro atoms. The summed E-state index contributed by atoms with van der Waals surface area (Å²) < 4.78 is 1.54. The summed E-state index contributed by atoms with van der Waals surface area (Å²) in [6.45, 7) is 1.84. The van der Waals surface area contributed by atoms with Crippen LogP contribution >= 0.6 is 23.2 Å². The Kier molecular flexibility index (Phi) is 2.39. The predicted octanol–water partition coefficient (Wildman–Crippen LogP) is 2.28. The highest BCUT2D eigenvalue weighted by Gasteiger charge is 2.03. The van der Waals surface area contributed by atoms with Gasteiger partial charge in [-0.3, -0.25) is 0 Å². The maximum absolute atomic E-state index is 5.73. The van der Waals surface area contributed by atoms with Crippen molar-refractivity contribution in [2.24, 2.45) is 0 Å². The Morgan fingerprint density at radius 3 is 2.64 bits per heavy atom. The van der Waals surface area contributed by atoms with Gasteiger partial charge in [-0.15, -0.1) is 0 Å². The van der Waals surface area contributed by atoms with E-state index in [1.807, 2.05) is 6.92 Å². The molecule has 0 radical (unpaired) electrons. The van der Waals surface area contributed by atoms with Crippen LogP contribution in [0.1, 0.15) is 5.69 Å². The van der Waals surface area contributed by atoms with Gasteiger partial charge in [0.15, 0.2) is 5.82 Å². The van der Waals surface area contributed by atoms with E-state index in [2.05, 4.69) is 15.1 Å². The topological polar surface area (TPSA) is 43.6 Å². The third-order valence-corrected chi connectivity index (χ3v) is 1.96. The van der Waals surface area contributed by atoms with Gasteiger partial charge >= 0.3 is 0 Å². The van der Waals surface area contributed by atoms with Crippen LogP contribution in [0, 0.1) is 6.92 Å². The van der Waals surface area contributed by atoms with E-state index >= 15 is 0 Å². The second-order valence-corrected chi connectivity index (χ2v) is 3.51. The zero-order valence-electron chi connectivity index (χ0n) is 7.28. The minimum atomic E-state index is 0.201. The molecule has 0 aromatic carbocycles. The van der Waals surface area contributed by atoms with Crippen molar-refractivity contribution >= 4 is 23.2 Å². The molecule has 2 rings (SSSR count). The number of halogens is 2. The molecule has 0 aliphatic rings. The van der Waals surface area contributed by atoms with Crippen LogP contribution in [0.2, 0.25) is 10.3 Å². The molecule has 2 aromatic rings. The van der Waals surface area contributed by atoms with Gasteiger partial charge in [-0.05, 0) is 18.5 Å². The van der Waals surface area contributed by atoms with Gasteiger partial charge in [-0.2, -0.15) is 10.1 Å². The second-order valence-electron chi connectivity index (χ2n) is 2.74. The molecule has 14 heavy (non-hydrogen) atoms. The molecule has 0 N–H and O–H groups in total. The molecule has 0 saturated carbocycles. The largest absolute Gasteiger partial charge is 0.224 e. The normalized spacial score (nSPS) is 10.5. The summed E-state index contributed by atoms with van der Waals surface area (Å²) >= 11 is 11.4. The summed E-state index contributed by atoms with van der Waals surface area (Å²) in [5.74, 6) is 0.606. The number of aromatic nitrogens is 4. The Hall–Kier alpha value is -1.13. The fourth-order valence-electron chi connectivity index (χ4n) is 1.06. The van der Waals surface area contributed by atoms with Crippen LogP contribution in [0.4, 0.5) is 0 Å². The van der Waals surface area contributed by atoms with E-state index in [9.17, 15) is 0 Å². The number of hydrogen-bond acceptors (Lipinski definition) is 3. The monoisotopic (exact) mass is 228 g/mol. The Labute approximate surface area is 90.5 Å². The lowest BCUT2D eigenvalue weighted by molar-refractivity contribution is 0.835. The summed E-state index contributed by atoms with van der Waals surface area (Å²) in [6, 6.07) is 1.77. The average molecular weight is 229 g/mol. The lowest BCUT2D eigenvalue weighted by Crippen LogP contribution is -2.00. The number of aryl methyl sites for hydroxylation is 1. The lowest BCUT2D eigenvalue weighted by Gasteiger charge is -2.01. The Morgan fingerprint density at radius 2 is 2.07 bits per heavy atom. The molecule has 0 fully saturated rings. The van der Waals surface area contributed by atoms with Crippen molar-refractivity contribution in [2.75, 3.05) is 0 Å². The van der Waals surface area contributed by atoms with E-state index in [0.717, 1.165) is 5.69 Å². The van der Waals surface area contributed by atoms with Crippen LogP contribution in [-0.2, 0) is 0 Å². The number of rotatable bonds is 1. The smallest absolute Gasteiger partial charge is 0.223 e. The van der Waals surface area contributed by atoms with Gasteiger partial charge in [0, 0.05) is 11.8 Å². The number of hydrogen-bond donors (Lipinski definition) is 0. The van der Waals surface area contributed by atoms with Gasteiger partial charge in [0.05, 0.1) is 17.4 Å². The zero-order chi connectivity index (χ0) is 10.1. The van der Waals surface area contributed by atoms with Crippen molar-refractivity contribution in [3.05, 3.63) is 34.5 Å². The van der Waals surface area contributed by atoms with Gasteiger partial charge in [-0.25, -0.2) is 9.67 Å². The average Bonchev–Trinajstić information content (AvgIpc) is 2.50. The first-order valence-corrected chi connectivity index (χ1v) is 4.62. The minimum Gasteiger partial charge on any atom is -0.223 e. The van der Waals surface area contributed by atoms with E-state index in [0.29, 0.717) is 10.8 Å². The molecule has 2 aromatic heterocycles. The standard InChI is InChI=1S/C8H6Cl2N4/c1-5-2-7(13-8(10)12-5)14-4-6(9)3-11-14/h2-4H,1H3. The van der Waals surface area contributed by atoms with Crippen molar-refractivity contribution < 1.29 is 0 Å². The third-order valence-electron chi connectivity index (χ3n) is 1.60. The summed E-state index contributed by atoms with van der Waals surface area (Å²) in [5.41, 5.74) is 0.784. The van der Waals surface area contributed by atoms with Crippen LogP contribution < -0.4 is 0 Å². The molecule has 0 unspecified atom stereocenters. The molecule has 72 valence electrons.